The Bertz CT molecular complexity index is 1090. The van der Waals surface area contributed by atoms with Gasteiger partial charge in [0.15, 0.2) is 0 Å². The van der Waals surface area contributed by atoms with Gasteiger partial charge in [-0.1, -0.05) is 0 Å². The molecular weight excluding hydrogens is 438 g/mol. The second-order valence-electron chi connectivity index (χ2n) is 8.42. The normalized spacial score (nSPS) is 20.0. The fraction of sp³-hybridized carbons (Fsp3) is 0.478. The molecular formula is C23H29N7O2S. The molecule has 0 radical (unpaired) electrons. The van der Waals surface area contributed by atoms with Crippen molar-refractivity contribution in [1.82, 2.24) is 25.6 Å². The largest absolute Gasteiger partial charge is 0.378 e. The monoisotopic (exact) mass is 467 g/mol. The lowest BCUT2D eigenvalue weighted by molar-refractivity contribution is 0.122. The Morgan fingerprint density at radius 1 is 1.18 bits per heavy atom. The number of ether oxygens (including phenoxy) is 1. The highest BCUT2D eigenvalue weighted by Gasteiger charge is 2.32. The molecule has 0 saturated carbocycles. The maximum absolute atomic E-state index is 12.2. The van der Waals surface area contributed by atoms with E-state index in [0.717, 1.165) is 74.0 Å². The van der Waals surface area contributed by atoms with Gasteiger partial charge in [0.1, 0.15) is 17.2 Å². The van der Waals surface area contributed by atoms with Gasteiger partial charge in [0, 0.05) is 61.8 Å². The minimum atomic E-state index is -0.185. The SMILES string of the molecule is CNC(=O)NC(c1nccs1)C1CCCN(c2ncnc3cc(N4CCOCC4)ccc23)C1. The summed E-state index contributed by atoms with van der Waals surface area (Å²) in [5.41, 5.74) is 2.12. The summed E-state index contributed by atoms with van der Waals surface area (Å²) in [5.74, 6) is 1.19. The van der Waals surface area contributed by atoms with E-state index in [4.69, 9.17) is 4.74 Å². The predicted octanol–water partition coefficient (Wildman–Crippen LogP) is 2.81. The summed E-state index contributed by atoms with van der Waals surface area (Å²) in [5, 5.41) is 9.74. The van der Waals surface area contributed by atoms with Crippen LogP contribution in [-0.2, 0) is 4.74 Å². The van der Waals surface area contributed by atoms with Crippen molar-refractivity contribution in [2.45, 2.75) is 18.9 Å². The van der Waals surface area contributed by atoms with Gasteiger partial charge in [0.05, 0.1) is 24.8 Å². The van der Waals surface area contributed by atoms with Crippen molar-refractivity contribution in [1.29, 1.82) is 0 Å². The number of fused-ring (bicyclic) bond motifs is 1. The highest BCUT2D eigenvalue weighted by atomic mass is 32.1. The van der Waals surface area contributed by atoms with Crippen molar-refractivity contribution in [3.8, 4) is 0 Å². The lowest BCUT2D eigenvalue weighted by Crippen LogP contribution is -2.45. The lowest BCUT2D eigenvalue weighted by Gasteiger charge is -2.37. The molecule has 2 amide bonds. The Balaban J connectivity index is 1.40. The van der Waals surface area contributed by atoms with E-state index in [2.05, 4.69) is 53.6 Å². The van der Waals surface area contributed by atoms with Gasteiger partial charge < -0.3 is 25.2 Å². The molecule has 2 unspecified atom stereocenters. The molecule has 2 aliphatic heterocycles. The van der Waals surface area contributed by atoms with Crippen molar-refractivity contribution in [3.05, 3.63) is 41.1 Å². The summed E-state index contributed by atoms with van der Waals surface area (Å²) >= 11 is 1.58. The van der Waals surface area contributed by atoms with E-state index in [1.807, 2.05) is 5.38 Å². The number of anilines is 2. The molecule has 3 aromatic rings. The third kappa shape index (κ3) is 4.72. The predicted molar refractivity (Wildman–Crippen MR) is 130 cm³/mol. The standard InChI is InChI=1S/C23H29N7O2S/c1-24-23(31)28-20(22-25-6-12-33-22)16-3-2-7-30(14-16)21-18-5-4-17(13-19(18)26-15-27-21)29-8-10-32-11-9-29/h4-6,12-13,15-16,20H,2-3,7-11,14H2,1H3,(H2,24,28,31). The number of thiazole rings is 1. The number of nitrogens with zero attached hydrogens (tertiary/aromatic N) is 5. The summed E-state index contributed by atoms with van der Waals surface area (Å²) in [6, 6.07) is 6.14. The van der Waals surface area contributed by atoms with E-state index >= 15 is 0 Å². The number of morpholine rings is 1. The molecule has 2 aliphatic rings. The molecule has 2 saturated heterocycles. The van der Waals surface area contributed by atoms with E-state index in [9.17, 15) is 4.79 Å². The Morgan fingerprint density at radius 2 is 2.06 bits per heavy atom. The third-order valence-electron chi connectivity index (χ3n) is 6.44. The van der Waals surface area contributed by atoms with Crippen molar-refractivity contribution in [2.75, 3.05) is 56.2 Å². The van der Waals surface area contributed by atoms with Gasteiger partial charge in [-0.05, 0) is 31.0 Å². The number of urea groups is 1. The van der Waals surface area contributed by atoms with E-state index < -0.39 is 0 Å². The fourth-order valence-electron chi connectivity index (χ4n) is 4.76. The maximum Gasteiger partial charge on any atom is 0.315 e. The van der Waals surface area contributed by atoms with Gasteiger partial charge in [-0.3, -0.25) is 0 Å². The quantitative estimate of drug-likeness (QED) is 0.596. The number of aromatic nitrogens is 3. The van der Waals surface area contributed by atoms with Crippen molar-refractivity contribution in [3.63, 3.8) is 0 Å². The summed E-state index contributed by atoms with van der Waals surface area (Å²) in [6.45, 7) is 5.03. The smallest absolute Gasteiger partial charge is 0.315 e. The van der Waals surface area contributed by atoms with E-state index in [0.29, 0.717) is 0 Å². The molecule has 33 heavy (non-hydrogen) atoms. The molecule has 174 valence electrons. The van der Waals surface area contributed by atoms with Crippen LogP contribution in [0.4, 0.5) is 16.3 Å². The van der Waals surface area contributed by atoms with E-state index in [-0.39, 0.29) is 18.0 Å². The lowest BCUT2D eigenvalue weighted by atomic mass is 9.90. The number of amides is 2. The molecule has 2 fully saturated rings. The zero-order valence-corrected chi connectivity index (χ0v) is 19.6. The van der Waals surface area contributed by atoms with Gasteiger partial charge in [0.25, 0.3) is 0 Å². The molecule has 0 spiro atoms. The number of carbonyl (C=O) groups excluding carboxylic acids is 1. The Labute approximate surface area is 197 Å². The number of nitrogens with one attached hydrogen (secondary N) is 2. The third-order valence-corrected chi connectivity index (χ3v) is 7.29. The molecule has 0 bridgehead atoms. The molecule has 4 heterocycles. The summed E-state index contributed by atoms with van der Waals surface area (Å²) in [4.78, 5) is 30.6. The van der Waals surface area contributed by atoms with Crippen molar-refractivity contribution < 1.29 is 9.53 Å². The summed E-state index contributed by atoms with van der Waals surface area (Å²) in [6.07, 6.45) is 5.50. The first-order chi connectivity index (χ1) is 16.2. The zero-order chi connectivity index (χ0) is 22.6. The Kier molecular flexibility index (Phi) is 6.54. The van der Waals surface area contributed by atoms with Crippen LogP contribution in [0, 0.1) is 5.92 Å². The van der Waals surface area contributed by atoms with Crippen LogP contribution in [0.5, 0.6) is 0 Å². The van der Waals surface area contributed by atoms with Crippen LogP contribution in [0.1, 0.15) is 23.9 Å². The molecule has 2 atom stereocenters. The van der Waals surface area contributed by atoms with Gasteiger partial charge in [-0.15, -0.1) is 11.3 Å². The molecule has 5 rings (SSSR count). The van der Waals surface area contributed by atoms with Crippen molar-refractivity contribution in [2.24, 2.45) is 5.92 Å². The Hall–Kier alpha value is -2.98. The number of hydrogen-bond donors (Lipinski definition) is 2. The van der Waals surface area contributed by atoms with Crippen LogP contribution in [-0.4, -0.2) is 67.4 Å². The molecule has 9 nitrogen and oxygen atoms in total. The number of carbonyl (C=O) groups is 1. The maximum atomic E-state index is 12.2. The number of benzene rings is 1. The topological polar surface area (TPSA) is 95.5 Å². The summed E-state index contributed by atoms with van der Waals surface area (Å²) in [7, 11) is 1.64. The van der Waals surface area contributed by atoms with Gasteiger partial charge in [-0.2, -0.15) is 0 Å². The number of hydrogen-bond acceptors (Lipinski definition) is 8. The minimum Gasteiger partial charge on any atom is -0.378 e. The average molecular weight is 468 g/mol. The van der Waals surface area contributed by atoms with Crippen LogP contribution in [0.25, 0.3) is 10.9 Å². The zero-order valence-electron chi connectivity index (χ0n) is 18.7. The first-order valence-electron chi connectivity index (χ1n) is 11.4. The highest BCUT2D eigenvalue weighted by Crippen LogP contribution is 2.35. The minimum absolute atomic E-state index is 0.131. The van der Waals surface area contributed by atoms with E-state index in [1.165, 1.54) is 5.69 Å². The van der Waals surface area contributed by atoms with Crippen LogP contribution in [0.15, 0.2) is 36.1 Å². The van der Waals surface area contributed by atoms with Gasteiger partial charge >= 0.3 is 6.03 Å². The van der Waals surface area contributed by atoms with Crippen LogP contribution < -0.4 is 20.4 Å². The average Bonchev–Trinajstić information content (AvgIpc) is 3.41. The molecule has 2 aromatic heterocycles. The van der Waals surface area contributed by atoms with Crippen LogP contribution in [0.3, 0.4) is 0 Å². The first-order valence-corrected chi connectivity index (χ1v) is 12.3. The van der Waals surface area contributed by atoms with Gasteiger partial charge in [-0.25, -0.2) is 19.7 Å². The van der Waals surface area contributed by atoms with E-state index in [1.54, 1.807) is 30.9 Å². The summed E-state index contributed by atoms with van der Waals surface area (Å²) < 4.78 is 5.49. The molecule has 1 aromatic carbocycles. The van der Waals surface area contributed by atoms with Crippen LogP contribution >= 0.6 is 11.3 Å². The second-order valence-corrected chi connectivity index (χ2v) is 9.34. The fourth-order valence-corrected chi connectivity index (χ4v) is 5.54. The van der Waals surface area contributed by atoms with Crippen molar-refractivity contribution >= 4 is 39.8 Å². The van der Waals surface area contributed by atoms with Gasteiger partial charge in [0.2, 0.25) is 0 Å². The first kappa shape index (κ1) is 21.8. The molecule has 0 aliphatic carbocycles. The second kappa shape index (κ2) is 9.88. The molecule has 2 N–H and O–H groups in total. The molecule has 10 heteroatoms. The Morgan fingerprint density at radius 3 is 2.85 bits per heavy atom. The van der Waals surface area contributed by atoms with Crippen LogP contribution in [0.2, 0.25) is 0 Å². The number of piperidine rings is 1. The number of rotatable bonds is 5. The highest BCUT2D eigenvalue weighted by molar-refractivity contribution is 7.09.